The Balaban J connectivity index is 1.81. The first-order valence-electron chi connectivity index (χ1n) is 9.41. The van der Waals surface area contributed by atoms with Crippen molar-refractivity contribution in [1.82, 2.24) is 5.16 Å². The Morgan fingerprint density at radius 3 is 2.32 bits per heavy atom. The van der Waals surface area contributed by atoms with E-state index in [0.717, 1.165) is 5.56 Å². The Bertz CT molecular complexity index is 1240. The van der Waals surface area contributed by atoms with E-state index in [9.17, 15) is 9.59 Å². The van der Waals surface area contributed by atoms with E-state index < -0.39 is 11.9 Å². The molecule has 154 valence electrons. The maximum Gasteiger partial charge on any atom is 0.335 e. The minimum Gasteiger partial charge on any atom is -0.478 e. The molecule has 4 rings (SSSR count). The van der Waals surface area contributed by atoms with Crippen molar-refractivity contribution in [3.05, 3.63) is 94.5 Å². The van der Waals surface area contributed by atoms with Gasteiger partial charge >= 0.3 is 5.97 Å². The second kappa shape index (κ2) is 8.45. The number of nitrogens with one attached hydrogen (secondary N) is 1. The lowest BCUT2D eigenvalue weighted by Crippen LogP contribution is -2.14. The van der Waals surface area contributed by atoms with Gasteiger partial charge in [0.15, 0.2) is 5.76 Å². The molecule has 0 aliphatic rings. The van der Waals surface area contributed by atoms with E-state index >= 15 is 0 Å². The number of benzene rings is 3. The van der Waals surface area contributed by atoms with E-state index in [1.165, 1.54) is 24.3 Å². The lowest BCUT2D eigenvalue weighted by Gasteiger charge is -2.10. The molecule has 0 aliphatic heterocycles. The molecule has 31 heavy (non-hydrogen) atoms. The van der Waals surface area contributed by atoms with E-state index in [0.29, 0.717) is 33.3 Å². The highest BCUT2D eigenvalue weighted by molar-refractivity contribution is 6.33. The van der Waals surface area contributed by atoms with E-state index in [1.54, 1.807) is 6.07 Å². The third-order valence-electron chi connectivity index (χ3n) is 4.80. The number of rotatable bonds is 5. The molecule has 2 N–H and O–H groups in total. The molecule has 0 atom stereocenters. The molecule has 3 aromatic carbocycles. The van der Waals surface area contributed by atoms with E-state index in [1.807, 2.05) is 49.4 Å². The highest BCUT2D eigenvalue weighted by Crippen LogP contribution is 2.37. The zero-order chi connectivity index (χ0) is 22.0. The molecule has 1 aromatic heterocycles. The fraction of sp³-hybridized carbons (Fsp3) is 0.0417. The molecular weight excluding hydrogens is 416 g/mol. The van der Waals surface area contributed by atoms with Gasteiger partial charge in [0.25, 0.3) is 5.91 Å². The second-order valence-corrected chi connectivity index (χ2v) is 7.28. The first-order chi connectivity index (χ1) is 15.0. The van der Waals surface area contributed by atoms with Crippen molar-refractivity contribution in [3.8, 4) is 22.6 Å². The summed E-state index contributed by atoms with van der Waals surface area (Å²) in [4.78, 5) is 24.4. The van der Waals surface area contributed by atoms with Crippen LogP contribution in [0.1, 0.15) is 26.3 Å². The van der Waals surface area contributed by atoms with Gasteiger partial charge in [0.1, 0.15) is 11.3 Å². The predicted octanol–water partition coefficient (Wildman–Crippen LogP) is 5.92. The van der Waals surface area contributed by atoms with E-state index in [2.05, 4.69) is 10.5 Å². The molecule has 0 radical (unpaired) electrons. The van der Waals surface area contributed by atoms with Crippen molar-refractivity contribution in [2.24, 2.45) is 0 Å². The van der Waals surface area contributed by atoms with Crippen molar-refractivity contribution < 1.29 is 19.2 Å². The Labute approximate surface area is 183 Å². The summed E-state index contributed by atoms with van der Waals surface area (Å²) in [6.07, 6.45) is 0. The molecule has 4 aromatic rings. The summed E-state index contributed by atoms with van der Waals surface area (Å²) in [6, 6.07) is 20.5. The largest absolute Gasteiger partial charge is 0.478 e. The van der Waals surface area contributed by atoms with Gasteiger partial charge < -0.3 is 14.9 Å². The number of hydrogen-bond donors (Lipinski definition) is 2. The average molecular weight is 433 g/mol. The lowest BCUT2D eigenvalue weighted by molar-refractivity contribution is 0.0696. The highest BCUT2D eigenvalue weighted by Gasteiger charge is 2.27. The van der Waals surface area contributed by atoms with Crippen LogP contribution in [-0.4, -0.2) is 22.1 Å². The number of carbonyl (C=O) groups is 2. The van der Waals surface area contributed by atoms with Crippen LogP contribution in [0.5, 0.6) is 0 Å². The van der Waals surface area contributed by atoms with Crippen LogP contribution in [0.4, 0.5) is 5.69 Å². The Hall–Kier alpha value is -3.90. The molecule has 0 aliphatic carbocycles. The standard InChI is InChI=1S/C24H17ClN2O4/c1-14-6-5-9-18(25)19(14)21-20(22(31-27-21)15-7-3-2-4-8-15)23(28)26-17-12-10-16(11-13-17)24(29)30/h2-13H,1H3,(H,26,28)(H,29,30). The first-order valence-corrected chi connectivity index (χ1v) is 9.79. The summed E-state index contributed by atoms with van der Waals surface area (Å²) in [7, 11) is 0. The minimum absolute atomic E-state index is 0.125. The number of carboxylic acid groups (broad SMARTS) is 1. The van der Waals surface area contributed by atoms with E-state index in [4.69, 9.17) is 21.2 Å². The number of hydrogen-bond acceptors (Lipinski definition) is 4. The maximum atomic E-state index is 13.3. The highest BCUT2D eigenvalue weighted by atomic mass is 35.5. The van der Waals surface area contributed by atoms with Crippen LogP contribution >= 0.6 is 11.6 Å². The van der Waals surface area contributed by atoms with Crippen LogP contribution < -0.4 is 5.32 Å². The SMILES string of the molecule is Cc1cccc(Cl)c1-c1noc(-c2ccccc2)c1C(=O)Nc1ccc(C(=O)O)cc1. The van der Waals surface area contributed by atoms with Gasteiger partial charge in [-0.1, -0.05) is 59.2 Å². The monoisotopic (exact) mass is 432 g/mol. The minimum atomic E-state index is -1.04. The van der Waals surface area contributed by atoms with Gasteiger partial charge in [-0.2, -0.15) is 0 Å². The molecule has 0 spiro atoms. The number of amides is 1. The number of carbonyl (C=O) groups excluding carboxylic acids is 1. The van der Waals surface area contributed by atoms with Crippen molar-refractivity contribution in [2.75, 3.05) is 5.32 Å². The Morgan fingerprint density at radius 2 is 1.68 bits per heavy atom. The van der Waals surface area contributed by atoms with Gasteiger partial charge in [-0.15, -0.1) is 0 Å². The molecule has 0 bridgehead atoms. The molecule has 6 nitrogen and oxygen atoms in total. The van der Waals surface area contributed by atoms with Crippen LogP contribution in [0, 0.1) is 6.92 Å². The number of carboxylic acids is 1. The maximum absolute atomic E-state index is 13.3. The first kappa shape index (κ1) is 20.4. The number of aromatic carboxylic acids is 1. The fourth-order valence-electron chi connectivity index (χ4n) is 3.28. The second-order valence-electron chi connectivity index (χ2n) is 6.87. The van der Waals surface area contributed by atoms with Crippen molar-refractivity contribution in [3.63, 3.8) is 0 Å². The van der Waals surface area contributed by atoms with Crippen LogP contribution in [-0.2, 0) is 0 Å². The summed E-state index contributed by atoms with van der Waals surface area (Å²) in [5.74, 6) is -1.17. The summed E-state index contributed by atoms with van der Waals surface area (Å²) >= 11 is 6.43. The van der Waals surface area contributed by atoms with Crippen LogP contribution in [0.3, 0.4) is 0 Å². The topological polar surface area (TPSA) is 92.4 Å². The van der Waals surface area contributed by atoms with Gasteiger partial charge in [-0.25, -0.2) is 4.79 Å². The van der Waals surface area contributed by atoms with Gasteiger partial charge in [0.2, 0.25) is 0 Å². The van der Waals surface area contributed by atoms with Gasteiger partial charge in [-0.3, -0.25) is 4.79 Å². The zero-order valence-corrected chi connectivity index (χ0v) is 17.2. The van der Waals surface area contributed by atoms with Gasteiger partial charge in [0, 0.05) is 16.8 Å². The summed E-state index contributed by atoms with van der Waals surface area (Å²) in [6.45, 7) is 1.88. The number of aryl methyl sites for hydroxylation is 1. The zero-order valence-electron chi connectivity index (χ0n) is 16.4. The molecule has 0 saturated carbocycles. The lowest BCUT2D eigenvalue weighted by atomic mass is 9.98. The molecule has 7 heteroatoms. The van der Waals surface area contributed by atoms with Crippen LogP contribution in [0.25, 0.3) is 22.6 Å². The van der Waals surface area contributed by atoms with Gasteiger partial charge in [-0.05, 0) is 42.8 Å². The number of aromatic nitrogens is 1. The summed E-state index contributed by atoms with van der Waals surface area (Å²) in [5, 5.41) is 16.5. The Kier molecular flexibility index (Phi) is 5.56. The normalized spacial score (nSPS) is 10.6. The summed E-state index contributed by atoms with van der Waals surface area (Å²) in [5.41, 5.74) is 3.29. The number of nitrogens with zero attached hydrogens (tertiary/aromatic N) is 1. The number of anilines is 1. The van der Waals surface area contributed by atoms with Crippen molar-refractivity contribution in [2.45, 2.75) is 6.92 Å². The fourth-order valence-corrected chi connectivity index (χ4v) is 3.59. The van der Waals surface area contributed by atoms with Crippen molar-refractivity contribution in [1.29, 1.82) is 0 Å². The molecular formula is C24H17ClN2O4. The van der Waals surface area contributed by atoms with Crippen LogP contribution in [0.15, 0.2) is 77.3 Å². The third kappa shape index (κ3) is 4.06. The third-order valence-corrected chi connectivity index (χ3v) is 5.12. The smallest absolute Gasteiger partial charge is 0.335 e. The molecule has 0 fully saturated rings. The van der Waals surface area contributed by atoms with E-state index in [-0.39, 0.29) is 11.1 Å². The van der Waals surface area contributed by atoms with Gasteiger partial charge in [0.05, 0.1) is 10.6 Å². The molecule has 1 amide bonds. The molecule has 1 heterocycles. The quantitative estimate of drug-likeness (QED) is 0.408. The summed E-state index contributed by atoms with van der Waals surface area (Å²) < 4.78 is 5.61. The molecule has 0 saturated heterocycles. The molecule has 0 unspecified atom stereocenters. The number of halogens is 1. The Morgan fingerprint density at radius 1 is 0.968 bits per heavy atom. The van der Waals surface area contributed by atoms with Crippen molar-refractivity contribution >= 4 is 29.2 Å². The average Bonchev–Trinajstić information content (AvgIpc) is 3.19. The predicted molar refractivity (Wildman–Crippen MR) is 118 cm³/mol. The van der Waals surface area contributed by atoms with Crippen LogP contribution in [0.2, 0.25) is 5.02 Å².